The minimum Gasteiger partial charge on any atom is -0.369 e. The van der Waals surface area contributed by atoms with E-state index in [1.54, 1.807) is 0 Å². The lowest BCUT2D eigenvalue weighted by Crippen LogP contribution is -2.38. The van der Waals surface area contributed by atoms with Crippen LogP contribution in [0.2, 0.25) is 0 Å². The normalized spacial score (nSPS) is 19.4. The maximum atomic E-state index is 13.5. The first-order valence-corrected chi connectivity index (χ1v) is 5.99. The average molecular weight is 294 g/mol. The molecule has 2 N–H and O–H groups in total. The third kappa shape index (κ3) is 2.54. The molecule has 1 aliphatic heterocycles. The highest BCUT2D eigenvalue weighted by atomic mass is 19.2. The van der Waals surface area contributed by atoms with Gasteiger partial charge in [0, 0.05) is 6.54 Å². The van der Waals surface area contributed by atoms with Gasteiger partial charge in [-0.3, -0.25) is 4.79 Å². The first-order valence-electron chi connectivity index (χ1n) is 5.99. The van der Waals surface area contributed by atoms with Crippen molar-refractivity contribution in [1.82, 2.24) is 5.32 Å². The summed E-state index contributed by atoms with van der Waals surface area (Å²) >= 11 is 0. The number of hydrogen-bond donors (Lipinski definition) is 2. The van der Waals surface area contributed by atoms with Crippen molar-refractivity contribution >= 4 is 11.6 Å². The molecule has 110 valence electrons. The van der Waals surface area contributed by atoms with Gasteiger partial charge in [0.1, 0.15) is 11.7 Å². The Morgan fingerprint density at radius 2 is 1.45 bits per heavy atom. The summed E-state index contributed by atoms with van der Waals surface area (Å²) < 4.78 is 65.9. The van der Waals surface area contributed by atoms with Crippen LogP contribution in [0.1, 0.15) is 19.3 Å². The van der Waals surface area contributed by atoms with E-state index in [0.717, 1.165) is 0 Å². The van der Waals surface area contributed by atoms with Crippen LogP contribution in [-0.4, -0.2) is 18.5 Å². The van der Waals surface area contributed by atoms with Gasteiger partial charge in [-0.2, -0.15) is 0 Å². The van der Waals surface area contributed by atoms with Gasteiger partial charge in [-0.1, -0.05) is 0 Å². The number of carbonyl (C=O) groups is 1. The maximum absolute atomic E-state index is 13.5. The lowest BCUT2D eigenvalue weighted by molar-refractivity contribution is -0.121. The lowest BCUT2D eigenvalue weighted by Gasteiger charge is -2.18. The second-order valence-electron chi connectivity index (χ2n) is 4.43. The monoisotopic (exact) mass is 294 g/mol. The Balaban J connectivity index is 2.36. The van der Waals surface area contributed by atoms with Crippen LogP contribution >= 0.6 is 0 Å². The van der Waals surface area contributed by atoms with Crippen LogP contribution in [0, 0.1) is 29.1 Å². The topological polar surface area (TPSA) is 41.1 Å². The fourth-order valence-corrected chi connectivity index (χ4v) is 1.98. The van der Waals surface area contributed by atoms with Crippen LogP contribution in [0.15, 0.2) is 0 Å². The molecule has 3 nitrogen and oxygen atoms in total. The second-order valence-corrected chi connectivity index (χ2v) is 4.43. The van der Waals surface area contributed by atoms with Gasteiger partial charge in [0.15, 0.2) is 23.3 Å². The minimum absolute atomic E-state index is 0.241. The number of nitrogens with one attached hydrogen (secondary N) is 2. The van der Waals surface area contributed by atoms with Gasteiger partial charge >= 0.3 is 0 Å². The molecule has 0 aliphatic carbocycles. The zero-order chi connectivity index (χ0) is 14.9. The molecule has 0 aromatic heterocycles. The van der Waals surface area contributed by atoms with Crippen LogP contribution in [-0.2, 0) is 4.79 Å². The highest BCUT2D eigenvalue weighted by Gasteiger charge is 2.29. The van der Waals surface area contributed by atoms with E-state index in [1.807, 2.05) is 0 Å². The van der Waals surface area contributed by atoms with E-state index in [4.69, 9.17) is 0 Å². The highest BCUT2D eigenvalue weighted by Crippen LogP contribution is 2.28. The molecular weight excluding hydrogens is 283 g/mol. The summed E-state index contributed by atoms with van der Waals surface area (Å²) in [4.78, 5) is 11.6. The van der Waals surface area contributed by atoms with Crippen LogP contribution < -0.4 is 10.6 Å². The molecule has 1 aromatic rings. The fraction of sp³-hybridized carbons (Fsp3) is 0.417. The van der Waals surface area contributed by atoms with Crippen molar-refractivity contribution in [3.63, 3.8) is 0 Å². The number of amides is 1. The zero-order valence-corrected chi connectivity index (χ0v) is 10.2. The number of hydrogen-bond acceptors (Lipinski definition) is 2. The molecular formula is C12H11F5N2O. The van der Waals surface area contributed by atoms with Crippen molar-refractivity contribution in [2.24, 2.45) is 0 Å². The van der Waals surface area contributed by atoms with Gasteiger partial charge in [-0.25, -0.2) is 22.0 Å². The quantitative estimate of drug-likeness (QED) is 0.500. The van der Waals surface area contributed by atoms with Crippen LogP contribution in [0.3, 0.4) is 0 Å². The largest absolute Gasteiger partial charge is 0.369 e. The smallest absolute Gasteiger partial charge is 0.242 e. The molecule has 0 spiro atoms. The predicted octanol–water partition coefficient (Wildman–Crippen LogP) is 2.46. The average Bonchev–Trinajstić information content (AvgIpc) is 2.64. The van der Waals surface area contributed by atoms with Gasteiger partial charge in [-0.15, -0.1) is 0 Å². The molecule has 1 atom stereocenters. The van der Waals surface area contributed by atoms with E-state index in [9.17, 15) is 26.7 Å². The fourth-order valence-electron chi connectivity index (χ4n) is 1.98. The Kier molecular flexibility index (Phi) is 4.10. The first-order chi connectivity index (χ1) is 9.43. The van der Waals surface area contributed by atoms with Crippen molar-refractivity contribution in [2.45, 2.75) is 25.3 Å². The summed E-state index contributed by atoms with van der Waals surface area (Å²) in [6, 6.07) is -1.04. The molecule has 1 heterocycles. The van der Waals surface area contributed by atoms with Crippen molar-refractivity contribution in [3.05, 3.63) is 29.1 Å². The molecule has 20 heavy (non-hydrogen) atoms. The Labute approximate surface area is 111 Å². The van der Waals surface area contributed by atoms with E-state index < -0.39 is 46.7 Å². The SMILES string of the molecule is O=C1NCCCCC1Nc1c(F)c(F)c(F)c(F)c1F. The summed E-state index contributed by atoms with van der Waals surface area (Å²) in [5.74, 6) is -10.8. The molecule has 0 saturated carbocycles. The third-order valence-electron chi connectivity index (χ3n) is 3.06. The van der Waals surface area contributed by atoms with Gasteiger partial charge in [0.2, 0.25) is 11.7 Å². The summed E-state index contributed by atoms with van der Waals surface area (Å²) in [5.41, 5.74) is -1.18. The van der Waals surface area contributed by atoms with Crippen molar-refractivity contribution in [1.29, 1.82) is 0 Å². The Morgan fingerprint density at radius 1 is 0.900 bits per heavy atom. The van der Waals surface area contributed by atoms with Crippen LogP contribution in [0.4, 0.5) is 27.6 Å². The lowest BCUT2D eigenvalue weighted by atomic mass is 10.1. The van der Waals surface area contributed by atoms with E-state index >= 15 is 0 Å². The number of anilines is 1. The van der Waals surface area contributed by atoms with Crippen molar-refractivity contribution < 1.29 is 26.7 Å². The van der Waals surface area contributed by atoms with Gasteiger partial charge in [-0.05, 0) is 19.3 Å². The van der Waals surface area contributed by atoms with Gasteiger partial charge in [0.05, 0.1) is 0 Å². The predicted molar refractivity (Wildman–Crippen MR) is 60.5 cm³/mol. The molecule has 1 amide bonds. The van der Waals surface area contributed by atoms with Crippen LogP contribution in [0.5, 0.6) is 0 Å². The van der Waals surface area contributed by atoms with E-state index in [0.29, 0.717) is 19.4 Å². The first kappa shape index (κ1) is 14.5. The Bertz CT molecular complexity index is 520. The Morgan fingerprint density at radius 3 is 2.05 bits per heavy atom. The zero-order valence-electron chi connectivity index (χ0n) is 10.2. The number of halogens is 5. The molecule has 1 unspecified atom stereocenters. The van der Waals surface area contributed by atoms with E-state index in [1.165, 1.54) is 0 Å². The molecule has 0 bridgehead atoms. The van der Waals surface area contributed by atoms with Gasteiger partial charge in [0.25, 0.3) is 0 Å². The summed E-state index contributed by atoms with van der Waals surface area (Å²) in [6.45, 7) is 0.411. The maximum Gasteiger partial charge on any atom is 0.242 e. The van der Waals surface area contributed by atoms with Gasteiger partial charge < -0.3 is 10.6 Å². The number of carbonyl (C=O) groups excluding carboxylic acids is 1. The molecule has 1 saturated heterocycles. The summed E-state index contributed by atoms with van der Waals surface area (Å²) in [6.07, 6.45) is 1.51. The highest BCUT2D eigenvalue weighted by molar-refractivity contribution is 5.84. The molecule has 8 heteroatoms. The molecule has 1 aliphatic rings. The standard InChI is InChI=1S/C12H11F5N2O/c13-6-7(14)9(16)11(10(17)8(6)15)19-5-3-1-2-4-18-12(5)20/h5,19H,1-4H2,(H,18,20). The Hall–Kier alpha value is -1.86. The van der Waals surface area contributed by atoms with E-state index in [-0.39, 0.29) is 6.42 Å². The molecule has 0 radical (unpaired) electrons. The molecule has 1 fully saturated rings. The minimum atomic E-state index is -2.23. The third-order valence-corrected chi connectivity index (χ3v) is 3.06. The van der Waals surface area contributed by atoms with Crippen molar-refractivity contribution in [3.8, 4) is 0 Å². The second kappa shape index (κ2) is 5.64. The molecule has 2 rings (SSSR count). The molecule has 1 aromatic carbocycles. The van der Waals surface area contributed by atoms with E-state index in [2.05, 4.69) is 10.6 Å². The number of rotatable bonds is 2. The summed E-state index contributed by atoms with van der Waals surface area (Å²) in [5, 5.41) is 4.59. The summed E-state index contributed by atoms with van der Waals surface area (Å²) in [7, 11) is 0. The number of benzene rings is 1. The van der Waals surface area contributed by atoms with Crippen LogP contribution in [0.25, 0.3) is 0 Å². The van der Waals surface area contributed by atoms with Crippen molar-refractivity contribution in [2.75, 3.05) is 11.9 Å².